The van der Waals surface area contributed by atoms with E-state index < -0.39 is 0 Å². The minimum atomic E-state index is -0.328. The fourth-order valence-corrected chi connectivity index (χ4v) is 2.90. The van der Waals surface area contributed by atoms with Crippen LogP contribution in [0.2, 0.25) is 5.02 Å². The maximum atomic E-state index is 6.37. The van der Waals surface area contributed by atoms with Crippen LogP contribution in [0.4, 0.5) is 0 Å². The van der Waals surface area contributed by atoms with Gasteiger partial charge in [0.05, 0.1) is 0 Å². The molecule has 0 aromatic heterocycles. The average molecular weight is 319 g/mol. The van der Waals surface area contributed by atoms with Crippen molar-refractivity contribution in [3.8, 4) is 0 Å². The minimum Gasteiger partial charge on any atom is -0.322 e. The van der Waals surface area contributed by atoms with Gasteiger partial charge < -0.3 is 5.73 Å². The molecule has 0 spiro atoms. The van der Waals surface area contributed by atoms with Crippen LogP contribution in [-0.4, -0.2) is 0 Å². The average Bonchev–Trinajstić information content (AvgIpc) is 2.24. The highest BCUT2D eigenvalue weighted by Crippen LogP contribution is 2.32. The van der Waals surface area contributed by atoms with Crippen LogP contribution < -0.4 is 5.73 Å². The Morgan fingerprint density at radius 2 is 2.00 bits per heavy atom. The molecule has 0 fully saturated rings. The summed E-state index contributed by atoms with van der Waals surface area (Å²) < 4.78 is 0.994. The number of hydrogen-bond donors (Lipinski definition) is 1. The fraction of sp³-hybridized carbons (Fsp3) is 0.571. The Labute approximate surface area is 118 Å². The highest BCUT2D eigenvalue weighted by atomic mass is 79.9. The van der Waals surface area contributed by atoms with Gasteiger partial charge in [-0.15, -0.1) is 0 Å². The summed E-state index contributed by atoms with van der Waals surface area (Å²) >= 11 is 9.66. The summed E-state index contributed by atoms with van der Waals surface area (Å²) in [5.41, 5.74) is 7.08. The van der Waals surface area contributed by atoms with Crippen LogP contribution in [0.5, 0.6) is 0 Å². The topological polar surface area (TPSA) is 26.0 Å². The molecule has 0 aliphatic rings. The highest BCUT2D eigenvalue weighted by molar-refractivity contribution is 9.10. The summed E-state index contributed by atoms with van der Waals surface area (Å²) in [6.45, 7) is 4.28. The van der Waals surface area contributed by atoms with Crippen molar-refractivity contribution >= 4 is 27.5 Å². The third kappa shape index (κ3) is 4.61. The summed E-state index contributed by atoms with van der Waals surface area (Å²) in [5.74, 6) is 0. The SMILES string of the molecule is CCCCCCC(C)(N)c1ccc(Br)cc1Cl. The Hall–Kier alpha value is -0.0500. The van der Waals surface area contributed by atoms with Gasteiger partial charge in [-0.05, 0) is 31.0 Å². The van der Waals surface area contributed by atoms with E-state index in [1.807, 2.05) is 18.2 Å². The van der Waals surface area contributed by atoms with Crippen molar-refractivity contribution in [3.63, 3.8) is 0 Å². The van der Waals surface area contributed by atoms with Crippen LogP contribution in [0.15, 0.2) is 22.7 Å². The van der Waals surface area contributed by atoms with Crippen molar-refractivity contribution in [3.05, 3.63) is 33.3 Å². The Bertz CT molecular complexity index is 363. The number of unbranched alkanes of at least 4 members (excludes halogenated alkanes) is 3. The first kappa shape index (κ1) is 15.0. The number of hydrogen-bond acceptors (Lipinski definition) is 1. The minimum absolute atomic E-state index is 0.328. The molecule has 0 heterocycles. The van der Waals surface area contributed by atoms with E-state index >= 15 is 0 Å². The molecule has 2 N–H and O–H groups in total. The summed E-state index contributed by atoms with van der Waals surface area (Å²) in [5, 5.41) is 0.750. The molecule has 1 aromatic rings. The Kier molecular flexibility index (Phi) is 5.98. The second-order valence-electron chi connectivity index (χ2n) is 4.85. The van der Waals surface area contributed by atoms with Gasteiger partial charge in [0.1, 0.15) is 0 Å². The molecular weight excluding hydrogens is 298 g/mol. The number of benzene rings is 1. The van der Waals surface area contributed by atoms with Crippen LogP contribution >= 0.6 is 27.5 Å². The van der Waals surface area contributed by atoms with Gasteiger partial charge in [0, 0.05) is 15.0 Å². The van der Waals surface area contributed by atoms with Crippen molar-refractivity contribution in [1.29, 1.82) is 0 Å². The van der Waals surface area contributed by atoms with Crippen LogP contribution in [-0.2, 0) is 5.54 Å². The van der Waals surface area contributed by atoms with Gasteiger partial charge in [-0.2, -0.15) is 0 Å². The third-order valence-electron chi connectivity index (χ3n) is 3.10. The molecule has 1 atom stereocenters. The van der Waals surface area contributed by atoms with Gasteiger partial charge in [0.15, 0.2) is 0 Å². The Morgan fingerprint density at radius 3 is 2.59 bits per heavy atom. The maximum Gasteiger partial charge on any atom is 0.0467 e. The zero-order valence-corrected chi connectivity index (χ0v) is 12.9. The van der Waals surface area contributed by atoms with E-state index in [4.69, 9.17) is 17.3 Å². The van der Waals surface area contributed by atoms with E-state index in [-0.39, 0.29) is 5.54 Å². The number of rotatable bonds is 6. The molecule has 1 unspecified atom stereocenters. The number of nitrogens with two attached hydrogens (primary N) is 1. The summed E-state index contributed by atoms with van der Waals surface area (Å²) in [7, 11) is 0. The molecule has 3 heteroatoms. The lowest BCUT2D eigenvalue weighted by Gasteiger charge is -2.26. The van der Waals surface area contributed by atoms with Gasteiger partial charge in [-0.25, -0.2) is 0 Å². The van der Waals surface area contributed by atoms with Crippen LogP contribution in [0, 0.1) is 0 Å². The Morgan fingerprint density at radius 1 is 1.29 bits per heavy atom. The van der Waals surface area contributed by atoms with Gasteiger partial charge in [-0.1, -0.05) is 66.2 Å². The smallest absolute Gasteiger partial charge is 0.0467 e. The first-order valence-electron chi connectivity index (χ1n) is 6.22. The second kappa shape index (κ2) is 6.77. The molecule has 0 saturated carbocycles. The molecule has 17 heavy (non-hydrogen) atoms. The van der Waals surface area contributed by atoms with Crippen molar-refractivity contribution in [2.45, 2.75) is 51.5 Å². The molecule has 1 rings (SSSR count). The van der Waals surface area contributed by atoms with E-state index in [0.717, 1.165) is 27.9 Å². The normalized spacial score (nSPS) is 14.6. The first-order chi connectivity index (χ1) is 7.97. The summed E-state index contributed by atoms with van der Waals surface area (Å²) in [6.07, 6.45) is 5.92. The molecule has 1 nitrogen and oxygen atoms in total. The molecule has 0 amide bonds. The van der Waals surface area contributed by atoms with E-state index in [0.29, 0.717) is 0 Å². The monoisotopic (exact) mass is 317 g/mol. The molecular formula is C14H21BrClN. The molecule has 1 aromatic carbocycles. The van der Waals surface area contributed by atoms with E-state index in [1.54, 1.807) is 0 Å². The zero-order chi connectivity index (χ0) is 12.9. The van der Waals surface area contributed by atoms with Crippen molar-refractivity contribution < 1.29 is 0 Å². The lowest BCUT2D eigenvalue weighted by Crippen LogP contribution is -2.33. The third-order valence-corrected chi connectivity index (χ3v) is 3.90. The van der Waals surface area contributed by atoms with Gasteiger partial charge >= 0.3 is 0 Å². The molecule has 0 radical (unpaired) electrons. The summed E-state index contributed by atoms with van der Waals surface area (Å²) in [6, 6.07) is 5.93. The summed E-state index contributed by atoms with van der Waals surface area (Å²) in [4.78, 5) is 0. The predicted molar refractivity (Wildman–Crippen MR) is 79.5 cm³/mol. The van der Waals surface area contributed by atoms with Gasteiger partial charge in [0.25, 0.3) is 0 Å². The van der Waals surface area contributed by atoms with E-state index in [2.05, 4.69) is 29.8 Å². The fourth-order valence-electron chi connectivity index (χ4n) is 2.01. The van der Waals surface area contributed by atoms with E-state index in [9.17, 15) is 0 Å². The number of halogens is 2. The van der Waals surface area contributed by atoms with Gasteiger partial charge in [0.2, 0.25) is 0 Å². The molecule has 0 aliphatic heterocycles. The van der Waals surface area contributed by atoms with Crippen molar-refractivity contribution in [2.75, 3.05) is 0 Å². The molecule has 0 saturated heterocycles. The predicted octanol–water partition coefficient (Wildman–Crippen LogP) is 5.25. The zero-order valence-electron chi connectivity index (χ0n) is 10.6. The van der Waals surface area contributed by atoms with Crippen LogP contribution in [0.1, 0.15) is 51.5 Å². The first-order valence-corrected chi connectivity index (χ1v) is 7.39. The lowest BCUT2D eigenvalue weighted by atomic mass is 9.87. The Balaban J connectivity index is 2.68. The maximum absolute atomic E-state index is 6.37. The highest BCUT2D eigenvalue weighted by Gasteiger charge is 2.23. The molecule has 0 bridgehead atoms. The molecule has 96 valence electrons. The largest absolute Gasteiger partial charge is 0.322 e. The van der Waals surface area contributed by atoms with Crippen LogP contribution in [0.25, 0.3) is 0 Å². The van der Waals surface area contributed by atoms with Gasteiger partial charge in [-0.3, -0.25) is 0 Å². The quantitative estimate of drug-likeness (QED) is 0.712. The second-order valence-corrected chi connectivity index (χ2v) is 6.18. The van der Waals surface area contributed by atoms with E-state index in [1.165, 1.54) is 19.3 Å². The molecule has 0 aliphatic carbocycles. The van der Waals surface area contributed by atoms with Crippen molar-refractivity contribution in [2.24, 2.45) is 5.73 Å². The standard InChI is InChI=1S/C14H21BrClN/c1-3-4-5-6-9-14(2,17)12-8-7-11(15)10-13(12)16/h7-8,10H,3-6,9,17H2,1-2H3. The lowest BCUT2D eigenvalue weighted by molar-refractivity contribution is 0.424. The van der Waals surface area contributed by atoms with Crippen LogP contribution in [0.3, 0.4) is 0 Å². The van der Waals surface area contributed by atoms with Crippen molar-refractivity contribution in [1.82, 2.24) is 0 Å².